The second kappa shape index (κ2) is 12.7. The summed E-state index contributed by atoms with van der Waals surface area (Å²) in [5.74, 6) is -0.0111. The van der Waals surface area contributed by atoms with Gasteiger partial charge in [0.25, 0.3) is 0 Å². The number of carboxylic acids is 1. The molecule has 0 saturated carbocycles. The molecule has 0 atom stereocenters. The van der Waals surface area contributed by atoms with Gasteiger partial charge in [-0.15, -0.1) is 0 Å². The van der Waals surface area contributed by atoms with Crippen LogP contribution in [-0.2, 0) is 16.0 Å². The Morgan fingerprint density at radius 2 is 1.61 bits per heavy atom. The van der Waals surface area contributed by atoms with E-state index in [1.165, 1.54) is 0 Å². The number of para-hydroxylation sites is 1. The number of nitrogens with one attached hydrogen (secondary N) is 1. The number of hydrogen-bond donors (Lipinski definition) is 2. The molecule has 7 heteroatoms. The predicted octanol–water partition coefficient (Wildman–Crippen LogP) is 5.46. The first-order chi connectivity index (χ1) is 17.6. The molecule has 3 aromatic carbocycles. The molecule has 0 aliphatic carbocycles. The molecule has 0 bridgehead atoms. The van der Waals surface area contributed by atoms with Crippen LogP contribution in [0.15, 0.2) is 78.9 Å². The third-order valence-corrected chi connectivity index (χ3v) is 6.29. The molecule has 36 heavy (non-hydrogen) atoms. The average Bonchev–Trinajstić information content (AvgIpc) is 2.90. The van der Waals surface area contributed by atoms with Gasteiger partial charge in [-0.05, 0) is 54.2 Å². The highest BCUT2D eigenvalue weighted by Gasteiger charge is 2.23. The zero-order valence-corrected chi connectivity index (χ0v) is 20.3. The summed E-state index contributed by atoms with van der Waals surface area (Å²) in [5.41, 5.74) is 3.30. The lowest BCUT2D eigenvalue weighted by molar-refractivity contribution is -0.136. The van der Waals surface area contributed by atoms with Crippen molar-refractivity contribution in [1.82, 2.24) is 4.90 Å². The van der Waals surface area contributed by atoms with Gasteiger partial charge in [-0.1, -0.05) is 60.7 Å². The number of aryl methyl sites for hydroxylation is 1. The maximum absolute atomic E-state index is 12.7. The molecular weight excluding hydrogens is 456 g/mol. The van der Waals surface area contributed by atoms with Crippen LogP contribution in [0.25, 0.3) is 11.1 Å². The first-order valence-corrected chi connectivity index (χ1v) is 12.3. The lowest BCUT2D eigenvalue weighted by atomic mass is 10.00. The summed E-state index contributed by atoms with van der Waals surface area (Å²) in [6, 6.07) is 25.3. The molecule has 1 fully saturated rings. The van der Waals surface area contributed by atoms with Crippen molar-refractivity contribution >= 4 is 17.7 Å². The van der Waals surface area contributed by atoms with Gasteiger partial charge in [-0.2, -0.15) is 0 Å². The van der Waals surface area contributed by atoms with Crippen molar-refractivity contribution in [1.29, 1.82) is 0 Å². The van der Waals surface area contributed by atoms with E-state index in [4.69, 9.17) is 14.6 Å². The molecule has 3 aromatic rings. The summed E-state index contributed by atoms with van der Waals surface area (Å²) in [6.07, 6.45) is 1.16. The summed E-state index contributed by atoms with van der Waals surface area (Å²) in [6.45, 7) is 3.12. The van der Waals surface area contributed by atoms with Crippen molar-refractivity contribution in [3.63, 3.8) is 0 Å². The Bertz CT molecular complexity index is 1130. The van der Waals surface area contributed by atoms with E-state index in [0.717, 1.165) is 54.9 Å². The Morgan fingerprint density at radius 3 is 2.31 bits per heavy atom. The number of aliphatic carboxylic acids is 1. The van der Waals surface area contributed by atoms with Gasteiger partial charge in [0.05, 0.1) is 0 Å². The third-order valence-electron chi connectivity index (χ3n) is 6.29. The van der Waals surface area contributed by atoms with Gasteiger partial charge < -0.3 is 14.6 Å². The van der Waals surface area contributed by atoms with Gasteiger partial charge in [0, 0.05) is 31.7 Å². The van der Waals surface area contributed by atoms with E-state index in [1.54, 1.807) is 0 Å². The van der Waals surface area contributed by atoms with Crippen LogP contribution >= 0.6 is 0 Å². The fraction of sp³-hybridized carbons (Fsp3) is 0.310. The van der Waals surface area contributed by atoms with Gasteiger partial charge >= 0.3 is 12.1 Å². The largest absolute Gasteiger partial charge is 0.492 e. The molecule has 188 valence electrons. The smallest absolute Gasteiger partial charge is 0.411 e. The molecule has 2 N–H and O–H groups in total. The van der Waals surface area contributed by atoms with Crippen molar-refractivity contribution in [2.45, 2.75) is 31.8 Å². The molecule has 0 radical (unpaired) electrons. The fourth-order valence-electron chi connectivity index (χ4n) is 4.31. The SMILES string of the molecule is O=C(O)CCc1ccc(-c2ccccc2)cc1NC(=O)OC1CCN(CCOc2ccccc2)CC1. The number of hydrogen-bond acceptors (Lipinski definition) is 5. The number of nitrogens with zero attached hydrogens (tertiary/aromatic N) is 1. The van der Waals surface area contributed by atoms with Crippen molar-refractivity contribution < 1.29 is 24.2 Å². The fourth-order valence-corrected chi connectivity index (χ4v) is 4.31. The zero-order valence-electron chi connectivity index (χ0n) is 20.3. The first kappa shape index (κ1) is 25.3. The Hall–Kier alpha value is -3.84. The van der Waals surface area contributed by atoms with Crippen LogP contribution in [0.2, 0.25) is 0 Å². The number of benzene rings is 3. The van der Waals surface area contributed by atoms with Crippen LogP contribution in [-0.4, -0.2) is 54.4 Å². The highest BCUT2D eigenvalue weighted by atomic mass is 16.6. The molecule has 1 aliphatic rings. The normalized spacial score (nSPS) is 14.2. The van der Waals surface area contributed by atoms with Gasteiger partial charge in [0.2, 0.25) is 0 Å². The minimum Gasteiger partial charge on any atom is -0.492 e. The summed E-state index contributed by atoms with van der Waals surface area (Å²) < 4.78 is 11.5. The second-order valence-electron chi connectivity index (χ2n) is 8.86. The predicted molar refractivity (Wildman–Crippen MR) is 139 cm³/mol. The van der Waals surface area contributed by atoms with Gasteiger partial charge in [-0.3, -0.25) is 15.0 Å². The number of ether oxygens (including phenoxy) is 2. The number of rotatable bonds is 10. The summed E-state index contributed by atoms with van der Waals surface area (Å²) in [4.78, 5) is 26.2. The number of piperidine rings is 1. The summed E-state index contributed by atoms with van der Waals surface area (Å²) >= 11 is 0. The molecule has 7 nitrogen and oxygen atoms in total. The molecule has 1 saturated heterocycles. The first-order valence-electron chi connectivity index (χ1n) is 12.3. The van der Waals surface area contributed by atoms with Crippen LogP contribution in [0.5, 0.6) is 5.75 Å². The van der Waals surface area contributed by atoms with E-state index < -0.39 is 12.1 Å². The third kappa shape index (κ3) is 7.58. The van der Waals surface area contributed by atoms with Gasteiger partial charge in [-0.25, -0.2) is 4.79 Å². The van der Waals surface area contributed by atoms with E-state index in [0.29, 0.717) is 18.7 Å². The summed E-state index contributed by atoms with van der Waals surface area (Å²) in [7, 11) is 0. The van der Waals surface area contributed by atoms with Crippen LogP contribution in [0.4, 0.5) is 10.5 Å². The minimum atomic E-state index is -0.878. The molecule has 0 aromatic heterocycles. The van der Waals surface area contributed by atoms with Crippen LogP contribution in [0, 0.1) is 0 Å². The molecule has 0 unspecified atom stereocenters. The number of amides is 1. The van der Waals surface area contributed by atoms with Crippen LogP contribution in [0.1, 0.15) is 24.8 Å². The second-order valence-corrected chi connectivity index (χ2v) is 8.86. The molecular formula is C29H32N2O5. The van der Waals surface area contributed by atoms with E-state index in [2.05, 4.69) is 10.2 Å². The van der Waals surface area contributed by atoms with E-state index >= 15 is 0 Å². The highest BCUT2D eigenvalue weighted by molar-refractivity contribution is 5.87. The number of carbonyl (C=O) groups excluding carboxylic acids is 1. The number of carboxylic acid groups (broad SMARTS) is 1. The summed E-state index contributed by atoms with van der Waals surface area (Å²) in [5, 5.41) is 12.0. The molecule has 1 aliphatic heterocycles. The molecule has 4 rings (SSSR count). The quantitative estimate of drug-likeness (QED) is 0.394. The van der Waals surface area contributed by atoms with E-state index in [9.17, 15) is 9.59 Å². The topological polar surface area (TPSA) is 88.1 Å². The van der Waals surface area contributed by atoms with E-state index in [-0.39, 0.29) is 12.5 Å². The van der Waals surface area contributed by atoms with Crippen LogP contribution < -0.4 is 10.1 Å². The highest BCUT2D eigenvalue weighted by Crippen LogP contribution is 2.27. The number of likely N-dealkylation sites (tertiary alicyclic amines) is 1. The maximum atomic E-state index is 12.7. The van der Waals surface area contributed by atoms with E-state index in [1.807, 2.05) is 78.9 Å². The van der Waals surface area contributed by atoms with Crippen molar-refractivity contribution in [2.75, 3.05) is 31.6 Å². The monoisotopic (exact) mass is 488 g/mol. The number of anilines is 1. The standard InChI is InChI=1S/C29H32N2O5/c32-28(33)14-13-23-11-12-24(22-7-3-1-4-8-22)21-27(23)30-29(34)36-26-15-17-31(18-16-26)19-20-35-25-9-5-2-6-10-25/h1-12,21,26H,13-20H2,(H,30,34)(H,32,33). The number of carbonyl (C=O) groups is 2. The molecule has 0 spiro atoms. The Morgan fingerprint density at radius 1 is 0.917 bits per heavy atom. The Labute approximate surface area is 211 Å². The lowest BCUT2D eigenvalue weighted by Gasteiger charge is -2.31. The van der Waals surface area contributed by atoms with Gasteiger partial charge in [0.1, 0.15) is 18.5 Å². The van der Waals surface area contributed by atoms with Crippen molar-refractivity contribution in [3.8, 4) is 16.9 Å². The maximum Gasteiger partial charge on any atom is 0.411 e. The van der Waals surface area contributed by atoms with Gasteiger partial charge in [0.15, 0.2) is 0 Å². The molecule has 1 amide bonds. The van der Waals surface area contributed by atoms with Crippen molar-refractivity contribution in [2.24, 2.45) is 0 Å². The Balaban J connectivity index is 1.29. The zero-order chi connectivity index (χ0) is 25.2. The van der Waals surface area contributed by atoms with Crippen LogP contribution in [0.3, 0.4) is 0 Å². The lowest BCUT2D eigenvalue weighted by Crippen LogP contribution is -2.40. The molecule has 1 heterocycles. The minimum absolute atomic E-state index is 0.0130. The Kier molecular flexibility index (Phi) is 8.94. The van der Waals surface area contributed by atoms with Crippen molar-refractivity contribution in [3.05, 3.63) is 84.4 Å². The average molecular weight is 489 g/mol.